The molecule has 3 N–H and O–H groups in total. The highest BCUT2D eigenvalue weighted by molar-refractivity contribution is 5.96. The molecule has 0 aromatic heterocycles. The van der Waals surface area contributed by atoms with Crippen molar-refractivity contribution < 1.29 is 19.4 Å². The van der Waals surface area contributed by atoms with Crippen LogP contribution in [0.4, 0.5) is 5.69 Å². The van der Waals surface area contributed by atoms with Gasteiger partial charge in [-0.05, 0) is 18.2 Å². The summed E-state index contributed by atoms with van der Waals surface area (Å²) in [6.07, 6.45) is 0. The molecule has 0 amide bonds. The summed E-state index contributed by atoms with van der Waals surface area (Å²) in [5.41, 5.74) is 5.72. The number of carbonyl (C=O) groups excluding carboxylic acids is 1. The van der Waals surface area contributed by atoms with Gasteiger partial charge in [0.25, 0.3) is 0 Å². The molecule has 1 aromatic carbocycles. The molecule has 0 saturated carbocycles. The Bertz CT molecular complexity index is 388. The molecule has 5 heteroatoms. The molecule has 0 aliphatic carbocycles. The van der Waals surface area contributed by atoms with Crippen molar-refractivity contribution in [2.24, 2.45) is 0 Å². The summed E-state index contributed by atoms with van der Waals surface area (Å²) < 4.78 is 4.44. The number of methoxy groups -OCH3 is 1. The van der Waals surface area contributed by atoms with E-state index < -0.39 is 11.9 Å². The number of carboxylic acids is 1. The molecular weight excluding hydrogens is 210 g/mol. The molecule has 1 aromatic rings. The van der Waals surface area contributed by atoms with Gasteiger partial charge in [0.1, 0.15) is 0 Å². The molecule has 88 valence electrons. The van der Waals surface area contributed by atoms with Gasteiger partial charge in [-0.1, -0.05) is 13.8 Å². The van der Waals surface area contributed by atoms with Crippen molar-refractivity contribution in [2.45, 2.75) is 13.8 Å². The third-order valence-corrected chi connectivity index (χ3v) is 1.62. The van der Waals surface area contributed by atoms with Gasteiger partial charge in [-0.2, -0.15) is 0 Å². The minimum atomic E-state index is -1.14. The van der Waals surface area contributed by atoms with E-state index in [0.717, 1.165) is 0 Å². The summed E-state index contributed by atoms with van der Waals surface area (Å²) in [6.45, 7) is 4.00. The van der Waals surface area contributed by atoms with E-state index in [-0.39, 0.29) is 16.8 Å². The molecule has 0 aliphatic rings. The fraction of sp³-hybridized carbons (Fsp3) is 0.273. The normalized spacial score (nSPS) is 8.69. The number of carbonyl (C=O) groups is 2. The topological polar surface area (TPSA) is 89.6 Å². The predicted molar refractivity (Wildman–Crippen MR) is 60.5 cm³/mol. The molecule has 0 atom stereocenters. The summed E-state index contributed by atoms with van der Waals surface area (Å²) in [7, 11) is 1.21. The summed E-state index contributed by atoms with van der Waals surface area (Å²) >= 11 is 0. The molecule has 1 rings (SSSR count). The number of ether oxygens (including phenoxy) is 1. The molecule has 0 spiro atoms. The second kappa shape index (κ2) is 6.44. The lowest BCUT2D eigenvalue weighted by molar-refractivity contribution is 0.0601. The number of benzene rings is 1. The molecule has 0 heterocycles. The van der Waals surface area contributed by atoms with Crippen LogP contribution in [-0.2, 0) is 4.74 Å². The molecule has 0 fully saturated rings. The van der Waals surface area contributed by atoms with Crippen LogP contribution < -0.4 is 5.73 Å². The average molecular weight is 225 g/mol. The van der Waals surface area contributed by atoms with Crippen LogP contribution in [0.25, 0.3) is 0 Å². The van der Waals surface area contributed by atoms with E-state index in [1.54, 1.807) is 0 Å². The molecule has 0 radical (unpaired) electrons. The summed E-state index contributed by atoms with van der Waals surface area (Å²) in [5, 5.41) is 8.68. The van der Waals surface area contributed by atoms with Crippen LogP contribution in [0.2, 0.25) is 0 Å². The molecule has 16 heavy (non-hydrogen) atoms. The number of hydrogen-bond acceptors (Lipinski definition) is 4. The van der Waals surface area contributed by atoms with E-state index in [9.17, 15) is 9.59 Å². The Morgan fingerprint density at radius 1 is 1.19 bits per heavy atom. The first-order chi connectivity index (χ1) is 7.54. The van der Waals surface area contributed by atoms with E-state index in [1.807, 2.05) is 13.8 Å². The van der Waals surface area contributed by atoms with Crippen LogP contribution >= 0.6 is 0 Å². The lowest BCUT2D eigenvalue weighted by atomic mass is 10.1. The maximum absolute atomic E-state index is 11.1. The van der Waals surface area contributed by atoms with Crippen LogP contribution in [0.5, 0.6) is 0 Å². The number of aromatic carboxylic acids is 1. The monoisotopic (exact) mass is 225 g/mol. The van der Waals surface area contributed by atoms with E-state index in [0.29, 0.717) is 0 Å². The first-order valence-electron chi connectivity index (χ1n) is 4.76. The van der Waals surface area contributed by atoms with Gasteiger partial charge in [0.05, 0.1) is 18.2 Å². The average Bonchev–Trinajstić information content (AvgIpc) is 2.29. The number of esters is 1. The van der Waals surface area contributed by atoms with Crippen LogP contribution in [0.1, 0.15) is 34.6 Å². The second-order valence-corrected chi connectivity index (χ2v) is 2.64. The van der Waals surface area contributed by atoms with Crippen molar-refractivity contribution in [2.75, 3.05) is 12.8 Å². The Balaban J connectivity index is 0.00000106. The highest BCUT2D eigenvalue weighted by Crippen LogP contribution is 2.12. The number of nitrogen functional groups attached to an aromatic ring is 1. The minimum Gasteiger partial charge on any atom is -0.478 e. The van der Waals surface area contributed by atoms with Gasteiger partial charge in [0.15, 0.2) is 0 Å². The largest absolute Gasteiger partial charge is 0.478 e. The standard InChI is InChI=1S/C9H9NO4.C2H6/c1-14-9(13)6-2-5(8(11)12)3-7(10)4-6;1-2/h2-4H,10H2,1H3,(H,11,12);1-2H3. The van der Waals surface area contributed by atoms with Crippen molar-refractivity contribution in [1.82, 2.24) is 0 Å². The quantitative estimate of drug-likeness (QED) is 0.591. The smallest absolute Gasteiger partial charge is 0.337 e. The van der Waals surface area contributed by atoms with Crippen LogP contribution in [0, 0.1) is 0 Å². The van der Waals surface area contributed by atoms with E-state index in [2.05, 4.69) is 4.74 Å². The zero-order chi connectivity index (χ0) is 12.7. The Kier molecular flexibility index (Phi) is 5.62. The number of nitrogens with two attached hydrogens (primary N) is 1. The SMILES string of the molecule is CC.COC(=O)c1cc(N)cc(C(=O)O)c1. The molecular formula is C11H15NO4. The lowest BCUT2D eigenvalue weighted by Crippen LogP contribution is -2.06. The number of anilines is 1. The van der Waals surface area contributed by atoms with Crippen LogP contribution in [0.3, 0.4) is 0 Å². The molecule has 0 bridgehead atoms. The molecule has 0 aliphatic heterocycles. The third kappa shape index (κ3) is 3.61. The van der Waals surface area contributed by atoms with Crippen LogP contribution in [-0.4, -0.2) is 24.2 Å². The molecule has 0 saturated heterocycles. The Morgan fingerprint density at radius 2 is 1.69 bits per heavy atom. The first-order valence-corrected chi connectivity index (χ1v) is 4.76. The van der Waals surface area contributed by atoms with Gasteiger partial charge >= 0.3 is 11.9 Å². The Morgan fingerprint density at radius 3 is 2.12 bits per heavy atom. The zero-order valence-corrected chi connectivity index (χ0v) is 9.48. The van der Waals surface area contributed by atoms with Crippen molar-refractivity contribution in [3.63, 3.8) is 0 Å². The molecule has 0 unspecified atom stereocenters. The second-order valence-electron chi connectivity index (χ2n) is 2.64. The van der Waals surface area contributed by atoms with Gasteiger partial charge in [-0.3, -0.25) is 0 Å². The number of carboxylic acid groups (broad SMARTS) is 1. The van der Waals surface area contributed by atoms with Gasteiger partial charge in [-0.15, -0.1) is 0 Å². The highest BCUT2D eigenvalue weighted by Gasteiger charge is 2.11. The van der Waals surface area contributed by atoms with E-state index in [4.69, 9.17) is 10.8 Å². The van der Waals surface area contributed by atoms with Gasteiger partial charge in [0.2, 0.25) is 0 Å². The van der Waals surface area contributed by atoms with E-state index in [1.165, 1.54) is 25.3 Å². The van der Waals surface area contributed by atoms with Gasteiger partial charge < -0.3 is 15.6 Å². The predicted octanol–water partition coefficient (Wildman–Crippen LogP) is 1.78. The summed E-state index contributed by atoms with van der Waals surface area (Å²) in [4.78, 5) is 21.7. The van der Waals surface area contributed by atoms with Crippen LogP contribution in [0.15, 0.2) is 18.2 Å². The van der Waals surface area contributed by atoms with Gasteiger partial charge in [0, 0.05) is 5.69 Å². The summed E-state index contributed by atoms with van der Waals surface area (Å²) in [5.74, 6) is -1.75. The summed E-state index contributed by atoms with van der Waals surface area (Å²) in [6, 6.07) is 3.84. The minimum absolute atomic E-state index is 0.0367. The Hall–Kier alpha value is -2.04. The maximum atomic E-state index is 11.1. The fourth-order valence-electron chi connectivity index (χ4n) is 1.01. The highest BCUT2D eigenvalue weighted by atomic mass is 16.5. The number of rotatable bonds is 2. The molecule has 5 nitrogen and oxygen atoms in total. The Labute approximate surface area is 93.8 Å². The lowest BCUT2D eigenvalue weighted by Gasteiger charge is -2.02. The maximum Gasteiger partial charge on any atom is 0.337 e. The van der Waals surface area contributed by atoms with Crippen molar-refractivity contribution in [3.05, 3.63) is 29.3 Å². The van der Waals surface area contributed by atoms with Crippen molar-refractivity contribution in [3.8, 4) is 0 Å². The van der Waals surface area contributed by atoms with Gasteiger partial charge in [-0.25, -0.2) is 9.59 Å². The fourth-order valence-corrected chi connectivity index (χ4v) is 1.01. The third-order valence-electron chi connectivity index (χ3n) is 1.62. The van der Waals surface area contributed by atoms with Crippen molar-refractivity contribution in [1.29, 1.82) is 0 Å². The zero-order valence-electron chi connectivity index (χ0n) is 9.48. The number of hydrogen-bond donors (Lipinski definition) is 2. The first kappa shape index (κ1) is 14.0. The van der Waals surface area contributed by atoms with E-state index >= 15 is 0 Å². The van der Waals surface area contributed by atoms with Crippen molar-refractivity contribution >= 4 is 17.6 Å².